The first-order chi connectivity index (χ1) is 8.83. The maximum Gasteiger partial charge on any atom is 0.326 e. The molecule has 4 atom stereocenters. The summed E-state index contributed by atoms with van der Waals surface area (Å²) in [7, 11) is 0. The molecule has 19 heavy (non-hydrogen) atoms. The molecule has 4 unspecified atom stereocenters. The molecule has 0 saturated carbocycles. The monoisotopic (exact) mass is 272 g/mol. The van der Waals surface area contributed by atoms with Gasteiger partial charge in [-0.1, -0.05) is 0 Å². The van der Waals surface area contributed by atoms with E-state index in [2.05, 4.69) is 5.32 Å². The molecular weight excluding hydrogens is 252 g/mol. The molecule has 2 rings (SSSR count). The van der Waals surface area contributed by atoms with Crippen molar-refractivity contribution in [2.24, 2.45) is 0 Å². The van der Waals surface area contributed by atoms with Crippen LogP contribution in [0, 0.1) is 0 Å². The van der Waals surface area contributed by atoms with E-state index in [0.29, 0.717) is 13.0 Å². The Morgan fingerprint density at radius 2 is 2.16 bits per heavy atom. The van der Waals surface area contributed by atoms with E-state index in [1.807, 2.05) is 13.8 Å². The van der Waals surface area contributed by atoms with Crippen LogP contribution in [0.2, 0.25) is 0 Å². The second kappa shape index (κ2) is 4.97. The van der Waals surface area contributed by atoms with Gasteiger partial charge in [-0.3, -0.25) is 0 Å². The number of aliphatic hydroxyl groups excluding tert-OH is 1. The Bertz CT molecular complexity index is 388. The molecule has 2 saturated heterocycles. The number of β-amino-alcohol motifs (C(OH)–C–C–N with tert-alkyl or cyclic N) is 1. The maximum absolute atomic E-state index is 12.2. The molecule has 2 fully saturated rings. The molecule has 3 N–H and O–H groups in total. The largest absolute Gasteiger partial charge is 0.480 e. The van der Waals surface area contributed by atoms with Crippen molar-refractivity contribution in [1.29, 1.82) is 0 Å². The van der Waals surface area contributed by atoms with Gasteiger partial charge in [-0.25, -0.2) is 9.59 Å². The van der Waals surface area contributed by atoms with Gasteiger partial charge in [0.25, 0.3) is 0 Å². The van der Waals surface area contributed by atoms with Crippen LogP contribution in [0.25, 0.3) is 0 Å². The van der Waals surface area contributed by atoms with E-state index in [9.17, 15) is 14.7 Å². The summed E-state index contributed by atoms with van der Waals surface area (Å²) in [6.45, 7) is 4.38. The molecule has 7 heteroatoms. The molecule has 0 aromatic rings. The SMILES string of the molecule is CC1OCCC1(C)NC(=O)N1CC(O)CC1C(=O)O. The molecule has 0 bridgehead atoms. The lowest BCUT2D eigenvalue weighted by atomic mass is 9.95. The van der Waals surface area contributed by atoms with Crippen molar-refractivity contribution < 1.29 is 24.5 Å². The van der Waals surface area contributed by atoms with Gasteiger partial charge >= 0.3 is 12.0 Å². The fraction of sp³-hybridized carbons (Fsp3) is 0.833. The first kappa shape index (κ1) is 14.1. The standard InChI is InChI=1S/C12H20N2O5/c1-7-12(2,3-4-19-7)13-11(18)14-6-8(15)5-9(14)10(16)17/h7-9,15H,3-6H2,1-2H3,(H,13,18)(H,16,17). The fourth-order valence-corrected chi connectivity index (χ4v) is 2.59. The minimum atomic E-state index is -1.09. The summed E-state index contributed by atoms with van der Waals surface area (Å²) in [5.41, 5.74) is -0.492. The predicted molar refractivity (Wildman–Crippen MR) is 65.7 cm³/mol. The van der Waals surface area contributed by atoms with Crippen LogP contribution in [-0.2, 0) is 9.53 Å². The number of nitrogens with zero attached hydrogens (tertiary/aromatic N) is 1. The molecule has 2 amide bonds. The summed E-state index contributed by atoms with van der Waals surface area (Å²) in [4.78, 5) is 24.5. The molecular formula is C12H20N2O5. The lowest BCUT2D eigenvalue weighted by Gasteiger charge is -2.32. The Labute approximate surface area is 111 Å². The van der Waals surface area contributed by atoms with Crippen LogP contribution in [-0.4, -0.2) is 64.1 Å². The zero-order valence-corrected chi connectivity index (χ0v) is 11.1. The molecule has 0 aromatic heterocycles. The number of carbonyl (C=O) groups is 2. The van der Waals surface area contributed by atoms with Gasteiger partial charge in [-0.15, -0.1) is 0 Å². The summed E-state index contributed by atoms with van der Waals surface area (Å²) in [5.74, 6) is -1.09. The van der Waals surface area contributed by atoms with Gasteiger partial charge in [0, 0.05) is 19.6 Å². The van der Waals surface area contributed by atoms with Crippen LogP contribution in [0.5, 0.6) is 0 Å². The van der Waals surface area contributed by atoms with Crippen LogP contribution < -0.4 is 5.32 Å². The highest BCUT2D eigenvalue weighted by molar-refractivity contribution is 5.84. The summed E-state index contributed by atoms with van der Waals surface area (Å²) < 4.78 is 5.43. The molecule has 7 nitrogen and oxygen atoms in total. The minimum absolute atomic E-state index is 0.0497. The third-order valence-corrected chi connectivity index (χ3v) is 4.10. The van der Waals surface area contributed by atoms with Gasteiger partial charge in [0.1, 0.15) is 6.04 Å². The summed E-state index contributed by atoms with van der Waals surface area (Å²) in [5, 5.41) is 21.4. The van der Waals surface area contributed by atoms with Gasteiger partial charge in [0.05, 0.1) is 17.7 Å². The summed E-state index contributed by atoms with van der Waals surface area (Å²) >= 11 is 0. The third-order valence-electron chi connectivity index (χ3n) is 4.10. The Kier molecular flexibility index (Phi) is 3.69. The number of aliphatic carboxylic acids is 1. The number of amides is 2. The highest BCUT2D eigenvalue weighted by Gasteiger charge is 2.43. The van der Waals surface area contributed by atoms with Crippen molar-refractivity contribution in [1.82, 2.24) is 10.2 Å². The average molecular weight is 272 g/mol. The van der Waals surface area contributed by atoms with Gasteiger partial charge < -0.3 is 25.2 Å². The fourth-order valence-electron chi connectivity index (χ4n) is 2.59. The molecule has 2 aliphatic heterocycles. The van der Waals surface area contributed by atoms with Crippen LogP contribution in [0.15, 0.2) is 0 Å². The van der Waals surface area contributed by atoms with E-state index in [-0.39, 0.29) is 19.1 Å². The van der Waals surface area contributed by atoms with Crippen molar-refractivity contribution in [2.75, 3.05) is 13.2 Å². The van der Waals surface area contributed by atoms with E-state index < -0.39 is 29.7 Å². The zero-order valence-electron chi connectivity index (χ0n) is 11.1. The molecule has 2 aliphatic rings. The van der Waals surface area contributed by atoms with E-state index in [1.165, 1.54) is 4.90 Å². The van der Waals surface area contributed by atoms with Gasteiger partial charge in [-0.05, 0) is 20.3 Å². The van der Waals surface area contributed by atoms with E-state index >= 15 is 0 Å². The Balaban J connectivity index is 2.05. The summed E-state index contributed by atoms with van der Waals surface area (Å²) in [6, 6.07) is -1.42. The van der Waals surface area contributed by atoms with E-state index in [0.717, 1.165) is 0 Å². The van der Waals surface area contributed by atoms with Gasteiger partial charge in [0.15, 0.2) is 0 Å². The van der Waals surface area contributed by atoms with Crippen LogP contribution in [0.4, 0.5) is 4.79 Å². The molecule has 108 valence electrons. The number of rotatable bonds is 2. The lowest BCUT2D eigenvalue weighted by Crippen LogP contribution is -2.56. The topological polar surface area (TPSA) is 99.1 Å². The first-order valence-corrected chi connectivity index (χ1v) is 6.45. The highest BCUT2D eigenvalue weighted by Crippen LogP contribution is 2.26. The van der Waals surface area contributed by atoms with Crippen LogP contribution >= 0.6 is 0 Å². The van der Waals surface area contributed by atoms with Crippen molar-refractivity contribution >= 4 is 12.0 Å². The van der Waals surface area contributed by atoms with Crippen LogP contribution in [0.3, 0.4) is 0 Å². The number of ether oxygens (including phenoxy) is 1. The molecule has 0 aromatic carbocycles. The minimum Gasteiger partial charge on any atom is -0.480 e. The molecule has 2 heterocycles. The number of hydrogen-bond donors (Lipinski definition) is 3. The number of carboxylic acid groups (broad SMARTS) is 1. The maximum atomic E-state index is 12.2. The van der Waals surface area contributed by atoms with Crippen LogP contribution in [0.1, 0.15) is 26.7 Å². The van der Waals surface area contributed by atoms with Gasteiger partial charge in [-0.2, -0.15) is 0 Å². The number of carboxylic acids is 1. The molecule has 0 aliphatic carbocycles. The van der Waals surface area contributed by atoms with E-state index in [1.54, 1.807) is 0 Å². The average Bonchev–Trinajstić information content (AvgIpc) is 2.84. The van der Waals surface area contributed by atoms with Crippen molar-refractivity contribution in [3.05, 3.63) is 0 Å². The quantitative estimate of drug-likeness (QED) is 0.645. The normalized spacial score (nSPS) is 38.5. The first-order valence-electron chi connectivity index (χ1n) is 6.45. The highest BCUT2D eigenvalue weighted by atomic mass is 16.5. The smallest absolute Gasteiger partial charge is 0.326 e. The Morgan fingerprint density at radius 3 is 2.68 bits per heavy atom. The molecule has 0 spiro atoms. The number of carbonyl (C=O) groups excluding carboxylic acids is 1. The number of likely N-dealkylation sites (tertiary alicyclic amines) is 1. The zero-order chi connectivity index (χ0) is 14.2. The van der Waals surface area contributed by atoms with E-state index in [4.69, 9.17) is 9.84 Å². The lowest BCUT2D eigenvalue weighted by molar-refractivity contribution is -0.141. The van der Waals surface area contributed by atoms with Crippen molar-refractivity contribution in [3.63, 3.8) is 0 Å². The Morgan fingerprint density at radius 1 is 1.47 bits per heavy atom. The van der Waals surface area contributed by atoms with Gasteiger partial charge in [0.2, 0.25) is 0 Å². The summed E-state index contributed by atoms with van der Waals surface area (Å²) in [6.07, 6.45) is -0.135. The second-order valence-corrected chi connectivity index (χ2v) is 5.51. The molecule has 0 radical (unpaired) electrons. The second-order valence-electron chi connectivity index (χ2n) is 5.51. The third kappa shape index (κ3) is 2.66. The van der Waals surface area contributed by atoms with Crippen molar-refractivity contribution in [2.45, 2.75) is 50.5 Å². The predicted octanol–water partition coefficient (Wildman–Crippen LogP) is -0.217. The number of nitrogens with one attached hydrogen (secondary N) is 1. The van der Waals surface area contributed by atoms with Crippen molar-refractivity contribution in [3.8, 4) is 0 Å². The number of aliphatic hydroxyl groups is 1. The number of urea groups is 1. The Hall–Kier alpha value is -1.34. The number of hydrogen-bond acceptors (Lipinski definition) is 4.